The molecule has 1 saturated carbocycles. The summed E-state index contributed by atoms with van der Waals surface area (Å²) < 4.78 is -2.01. The van der Waals surface area contributed by atoms with Crippen molar-refractivity contribution in [3.63, 3.8) is 0 Å². The van der Waals surface area contributed by atoms with Crippen LogP contribution in [0.3, 0.4) is 0 Å². The number of nitrogens with zero attached hydrogens (tertiary/aromatic N) is 1. The lowest BCUT2D eigenvalue weighted by Gasteiger charge is -2.34. The van der Waals surface area contributed by atoms with Gasteiger partial charge in [-0.3, -0.25) is 14.4 Å². The van der Waals surface area contributed by atoms with E-state index in [2.05, 4.69) is 5.32 Å². The van der Waals surface area contributed by atoms with E-state index in [1.54, 1.807) is 25.1 Å². The lowest BCUT2D eigenvalue weighted by atomic mass is 9.84. The number of hydrogen-bond acceptors (Lipinski definition) is 3. The third-order valence-corrected chi connectivity index (χ3v) is 11.5. The Bertz CT molecular complexity index is 1330. The Morgan fingerprint density at radius 1 is 0.886 bits per heavy atom. The summed E-state index contributed by atoms with van der Waals surface area (Å²) in [4.78, 5) is 37.1. The van der Waals surface area contributed by atoms with Gasteiger partial charge in [-0.15, -0.1) is 23.2 Å². The molecule has 35 heavy (non-hydrogen) atoms. The molecular weight excluding hydrogens is 600 g/mol. The molecule has 1 heterocycles. The van der Waals surface area contributed by atoms with E-state index in [4.69, 9.17) is 81.2 Å². The first-order chi connectivity index (χ1) is 16.3. The summed E-state index contributed by atoms with van der Waals surface area (Å²) in [7, 11) is 0. The first-order valence-electron chi connectivity index (χ1n) is 10.2. The van der Waals surface area contributed by atoms with Gasteiger partial charge in [0, 0.05) is 16.3 Å². The third kappa shape index (κ3) is 3.07. The fourth-order valence-corrected chi connectivity index (χ4v) is 8.08. The van der Waals surface area contributed by atoms with Crippen LogP contribution in [0.2, 0.25) is 5.02 Å². The molecule has 1 aliphatic heterocycles. The van der Waals surface area contributed by atoms with Gasteiger partial charge in [0.1, 0.15) is 9.75 Å². The Hall–Kier alpha value is -1.18. The van der Waals surface area contributed by atoms with Crippen LogP contribution in [0.1, 0.15) is 15.9 Å². The molecule has 2 fully saturated rings. The molecule has 12 heteroatoms. The number of nitrogens with one attached hydrogen (secondary N) is 1. The van der Waals surface area contributed by atoms with Crippen molar-refractivity contribution in [3.8, 4) is 0 Å². The molecule has 4 atom stereocenters. The molecule has 0 radical (unpaired) electrons. The molecule has 182 valence electrons. The fourth-order valence-electron chi connectivity index (χ4n) is 4.97. The number of hydrogen-bond donors (Lipinski definition) is 1. The monoisotopic (exact) mass is 610 g/mol. The van der Waals surface area contributed by atoms with Gasteiger partial charge in [-0.25, -0.2) is 4.90 Å². The standard InChI is InChI=1S/C23H13Cl7N2O3/c1-9-12(24)6-3-7-13(9)31-18(33)10-4-2-5-11(8-10)32-19(34)14-15(20(32)35)22(28)17(26)16(25)21(14,27)23(22,29)30/h2-8,14-15H,1H3,(H,31,33)/t14-,15-,21-,22-/m1/s1. The molecule has 1 saturated heterocycles. The highest BCUT2D eigenvalue weighted by molar-refractivity contribution is 6.67. The molecule has 3 amide bonds. The minimum Gasteiger partial charge on any atom is -0.322 e. The van der Waals surface area contributed by atoms with Gasteiger partial charge in [-0.2, -0.15) is 0 Å². The molecule has 2 aromatic rings. The highest BCUT2D eigenvalue weighted by Crippen LogP contribution is 2.77. The Balaban J connectivity index is 1.50. The van der Waals surface area contributed by atoms with Crippen LogP contribution in [0.5, 0.6) is 0 Å². The van der Waals surface area contributed by atoms with Gasteiger partial charge in [0.25, 0.3) is 5.91 Å². The minimum absolute atomic E-state index is 0.145. The number of halogens is 7. The van der Waals surface area contributed by atoms with E-state index in [9.17, 15) is 14.4 Å². The molecule has 0 unspecified atom stereocenters. The second-order valence-electron chi connectivity index (χ2n) is 8.51. The normalized spacial score (nSPS) is 30.8. The van der Waals surface area contributed by atoms with Crippen molar-refractivity contribution in [2.75, 3.05) is 10.2 Å². The number of alkyl halides is 4. The lowest BCUT2D eigenvalue weighted by Crippen LogP contribution is -2.50. The molecule has 1 N–H and O–H groups in total. The van der Waals surface area contributed by atoms with E-state index in [-0.39, 0.29) is 21.3 Å². The summed E-state index contributed by atoms with van der Waals surface area (Å²) in [6.45, 7) is 1.77. The maximum Gasteiger partial charge on any atom is 0.255 e. The molecule has 3 aliphatic rings. The smallest absolute Gasteiger partial charge is 0.255 e. The van der Waals surface area contributed by atoms with Crippen molar-refractivity contribution >= 4 is 110 Å². The maximum absolute atomic E-state index is 13.5. The van der Waals surface area contributed by atoms with E-state index < -0.39 is 43.6 Å². The van der Waals surface area contributed by atoms with E-state index in [0.717, 1.165) is 4.90 Å². The van der Waals surface area contributed by atoms with Crippen molar-refractivity contribution in [2.45, 2.75) is 21.0 Å². The van der Waals surface area contributed by atoms with Crippen LogP contribution in [-0.2, 0) is 9.59 Å². The quantitative estimate of drug-likeness (QED) is 0.304. The zero-order valence-corrected chi connectivity index (χ0v) is 22.8. The van der Waals surface area contributed by atoms with Crippen LogP contribution in [0.25, 0.3) is 0 Å². The molecule has 5 rings (SSSR count). The molecule has 2 aliphatic carbocycles. The molecule has 5 nitrogen and oxygen atoms in total. The first-order valence-corrected chi connectivity index (χ1v) is 12.8. The minimum atomic E-state index is -2.01. The van der Waals surface area contributed by atoms with Gasteiger partial charge >= 0.3 is 0 Å². The number of carbonyl (C=O) groups is 3. The topological polar surface area (TPSA) is 66.5 Å². The van der Waals surface area contributed by atoms with Crippen molar-refractivity contribution in [3.05, 3.63) is 68.7 Å². The average molecular weight is 614 g/mol. The van der Waals surface area contributed by atoms with Gasteiger partial charge in [0.05, 0.1) is 27.6 Å². The molecule has 2 aromatic carbocycles. The van der Waals surface area contributed by atoms with Gasteiger partial charge in [0.2, 0.25) is 11.8 Å². The van der Waals surface area contributed by atoms with Gasteiger partial charge in [-0.05, 0) is 42.8 Å². The van der Waals surface area contributed by atoms with Crippen molar-refractivity contribution in [2.24, 2.45) is 11.8 Å². The van der Waals surface area contributed by atoms with Crippen molar-refractivity contribution in [1.82, 2.24) is 0 Å². The zero-order valence-electron chi connectivity index (χ0n) is 17.5. The van der Waals surface area contributed by atoms with Gasteiger partial charge in [0.15, 0.2) is 4.33 Å². The molecule has 2 bridgehead atoms. The Labute approximate surface area is 235 Å². The number of anilines is 2. The zero-order chi connectivity index (χ0) is 25.7. The third-order valence-electron chi connectivity index (χ3n) is 6.79. The molecule has 0 aromatic heterocycles. The van der Waals surface area contributed by atoms with Crippen LogP contribution in [0.15, 0.2) is 52.5 Å². The number of imide groups is 1. The second-order valence-corrected chi connectivity index (χ2v) is 12.2. The summed E-state index contributed by atoms with van der Waals surface area (Å²) in [5.41, 5.74) is 1.56. The number of benzene rings is 2. The predicted octanol–water partition coefficient (Wildman–Crippen LogP) is 6.85. The summed E-state index contributed by atoms with van der Waals surface area (Å²) in [6.07, 6.45) is 0. The maximum atomic E-state index is 13.5. The summed E-state index contributed by atoms with van der Waals surface area (Å²) in [5, 5.41) is 2.93. The summed E-state index contributed by atoms with van der Waals surface area (Å²) in [6, 6.07) is 11.1. The number of carbonyl (C=O) groups excluding carboxylic acids is 3. The van der Waals surface area contributed by atoms with E-state index in [0.29, 0.717) is 16.3 Å². The fraction of sp³-hybridized carbons (Fsp3) is 0.261. The number of allylic oxidation sites excluding steroid dienone is 2. The van der Waals surface area contributed by atoms with Crippen molar-refractivity contribution in [1.29, 1.82) is 0 Å². The van der Waals surface area contributed by atoms with Crippen LogP contribution < -0.4 is 10.2 Å². The Morgan fingerprint density at radius 2 is 1.43 bits per heavy atom. The Kier molecular flexibility index (Phi) is 5.94. The average Bonchev–Trinajstić information content (AvgIpc) is 3.20. The van der Waals surface area contributed by atoms with E-state index in [1.165, 1.54) is 24.3 Å². The van der Waals surface area contributed by atoms with Crippen LogP contribution in [-0.4, -0.2) is 31.8 Å². The first kappa shape index (κ1) is 25.5. The summed E-state index contributed by atoms with van der Waals surface area (Å²) >= 11 is 45.3. The predicted molar refractivity (Wildman–Crippen MR) is 140 cm³/mol. The SMILES string of the molecule is Cc1c(Cl)cccc1NC(=O)c1cccc(N2C(=O)[C@H]3[C@H](C2=O)[C@@]2(Cl)C(Cl)=C(Cl)[C@@]3(Cl)C2(Cl)Cl)c1. The Morgan fingerprint density at radius 3 is 2.00 bits per heavy atom. The molecular formula is C23H13Cl7N2O3. The highest BCUT2D eigenvalue weighted by atomic mass is 35.5. The van der Waals surface area contributed by atoms with Gasteiger partial charge < -0.3 is 5.32 Å². The van der Waals surface area contributed by atoms with E-state index >= 15 is 0 Å². The van der Waals surface area contributed by atoms with E-state index in [1.807, 2.05) is 0 Å². The summed E-state index contributed by atoms with van der Waals surface area (Å²) in [5.74, 6) is -4.38. The second kappa shape index (κ2) is 8.16. The molecule has 0 spiro atoms. The number of rotatable bonds is 3. The van der Waals surface area contributed by atoms with Gasteiger partial charge in [-0.1, -0.05) is 70.1 Å². The van der Waals surface area contributed by atoms with Crippen LogP contribution in [0, 0.1) is 18.8 Å². The largest absolute Gasteiger partial charge is 0.322 e. The van der Waals surface area contributed by atoms with Crippen molar-refractivity contribution < 1.29 is 14.4 Å². The lowest BCUT2D eigenvalue weighted by molar-refractivity contribution is -0.123. The van der Waals surface area contributed by atoms with Crippen LogP contribution >= 0.6 is 81.2 Å². The highest BCUT2D eigenvalue weighted by Gasteiger charge is 2.87. The van der Waals surface area contributed by atoms with Crippen LogP contribution in [0.4, 0.5) is 11.4 Å². The number of amides is 3. The number of fused-ring (bicyclic) bond motifs is 5.